The number of anilines is 1. The molecular weight excluding hydrogens is 254 g/mol. The van der Waals surface area contributed by atoms with E-state index in [0.717, 1.165) is 5.69 Å². The SMILES string of the molecule is Cc1c(N(C)C)c(=O)n(C2CCS(=O)(=O)C2)n1C. The molecule has 0 N–H and O–H groups in total. The molecule has 0 spiro atoms. The number of sulfone groups is 1. The van der Waals surface area contributed by atoms with Gasteiger partial charge in [0, 0.05) is 21.1 Å². The van der Waals surface area contributed by atoms with Gasteiger partial charge in [-0.05, 0) is 13.3 Å². The second-order valence-electron chi connectivity index (χ2n) is 5.06. The molecule has 0 radical (unpaired) electrons. The normalized spacial score (nSPS) is 22.3. The highest BCUT2D eigenvalue weighted by atomic mass is 32.2. The Balaban J connectivity index is 2.54. The van der Waals surface area contributed by atoms with Gasteiger partial charge in [-0.1, -0.05) is 0 Å². The molecule has 1 unspecified atom stereocenters. The Hall–Kier alpha value is -1.24. The fourth-order valence-electron chi connectivity index (χ4n) is 2.61. The van der Waals surface area contributed by atoms with E-state index >= 15 is 0 Å². The predicted octanol–water partition coefficient (Wildman–Crippen LogP) is -0.0792. The molecule has 2 heterocycles. The average Bonchev–Trinajstić information content (AvgIpc) is 2.67. The van der Waals surface area contributed by atoms with E-state index in [0.29, 0.717) is 12.1 Å². The first kappa shape index (κ1) is 13.2. The lowest BCUT2D eigenvalue weighted by Gasteiger charge is -2.13. The molecule has 0 aromatic carbocycles. The van der Waals surface area contributed by atoms with Crippen molar-refractivity contribution in [2.45, 2.75) is 19.4 Å². The van der Waals surface area contributed by atoms with Crippen molar-refractivity contribution < 1.29 is 8.42 Å². The highest BCUT2D eigenvalue weighted by Gasteiger charge is 2.32. The maximum absolute atomic E-state index is 12.4. The Morgan fingerprint density at radius 1 is 1.33 bits per heavy atom. The van der Waals surface area contributed by atoms with Gasteiger partial charge < -0.3 is 4.90 Å². The van der Waals surface area contributed by atoms with Crippen LogP contribution in [-0.2, 0) is 16.9 Å². The highest BCUT2D eigenvalue weighted by Crippen LogP contribution is 2.24. The van der Waals surface area contributed by atoms with E-state index < -0.39 is 9.84 Å². The third-order valence-electron chi connectivity index (χ3n) is 3.56. The lowest BCUT2D eigenvalue weighted by Crippen LogP contribution is -2.29. The summed E-state index contributed by atoms with van der Waals surface area (Å²) in [5, 5.41) is 0. The predicted molar refractivity (Wildman–Crippen MR) is 71.0 cm³/mol. The van der Waals surface area contributed by atoms with Crippen molar-refractivity contribution in [2.75, 3.05) is 30.5 Å². The zero-order chi connectivity index (χ0) is 13.7. The van der Waals surface area contributed by atoms with Crippen LogP contribution in [0.15, 0.2) is 4.79 Å². The lowest BCUT2D eigenvalue weighted by molar-refractivity contribution is 0.413. The molecule has 7 heteroatoms. The van der Waals surface area contributed by atoms with E-state index in [-0.39, 0.29) is 23.1 Å². The topological polar surface area (TPSA) is 64.3 Å². The summed E-state index contributed by atoms with van der Waals surface area (Å²) in [4.78, 5) is 14.1. The molecule has 6 nitrogen and oxygen atoms in total. The van der Waals surface area contributed by atoms with Crippen LogP contribution >= 0.6 is 0 Å². The number of hydrogen-bond donors (Lipinski definition) is 0. The molecule has 0 bridgehead atoms. The van der Waals surface area contributed by atoms with Gasteiger partial charge in [-0.2, -0.15) is 0 Å². The van der Waals surface area contributed by atoms with Gasteiger partial charge in [-0.25, -0.2) is 13.1 Å². The van der Waals surface area contributed by atoms with Gasteiger partial charge in [0.25, 0.3) is 5.56 Å². The minimum absolute atomic E-state index is 0.0665. The summed E-state index contributed by atoms with van der Waals surface area (Å²) in [5.74, 6) is 0.239. The van der Waals surface area contributed by atoms with Crippen LogP contribution in [0.5, 0.6) is 0 Å². The molecule has 102 valence electrons. The molecule has 0 saturated carbocycles. The van der Waals surface area contributed by atoms with Gasteiger partial charge in [0.2, 0.25) is 0 Å². The van der Waals surface area contributed by atoms with Gasteiger partial charge in [0.15, 0.2) is 9.84 Å². The molecule has 2 rings (SSSR count). The number of rotatable bonds is 2. The second kappa shape index (κ2) is 4.15. The van der Waals surface area contributed by atoms with Crippen LogP contribution in [0.4, 0.5) is 5.69 Å². The molecule has 0 amide bonds. The zero-order valence-corrected chi connectivity index (χ0v) is 12.0. The van der Waals surface area contributed by atoms with Crippen LogP contribution in [-0.4, -0.2) is 43.4 Å². The van der Waals surface area contributed by atoms with Crippen LogP contribution in [0.1, 0.15) is 18.2 Å². The molecule has 1 aliphatic rings. The summed E-state index contributed by atoms with van der Waals surface area (Å²) in [6.07, 6.45) is 0.520. The number of nitrogens with zero attached hydrogens (tertiary/aromatic N) is 3. The van der Waals surface area contributed by atoms with Crippen LogP contribution in [0.3, 0.4) is 0 Å². The zero-order valence-electron chi connectivity index (χ0n) is 11.2. The van der Waals surface area contributed by atoms with Gasteiger partial charge >= 0.3 is 0 Å². The first-order valence-corrected chi connectivity index (χ1v) is 7.72. The summed E-state index contributed by atoms with van der Waals surface area (Å²) in [5.41, 5.74) is 1.37. The van der Waals surface area contributed by atoms with Crippen LogP contribution in [0, 0.1) is 6.92 Å². The molecule has 0 aliphatic carbocycles. The van der Waals surface area contributed by atoms with E-state index in [4.69, 9.17) is 0 Å². The van der Waals surface area contributed by atoms with Crippen molar-refractivity contribution in [1.29, 1.82) is 0 Å². The quantitative estimate of drug-likeness (QED) is 0.756. The third kappa shape index (κ3) is 1.96. The molecule has 1 atom stereocenters. The fourth-order valence-corrected chi connectivity index (χ4v) is 4.30. The first-order valence-electron chi connectivity index (χ1n) is 5.90. The minimum Gasteiger partial charge on any atom is -0.372 e. The molecule has 1 fully saturated rings. The van der Waals surface area contributed by atoms with Crippen LogP contribution in [0.25, 0.3) is 0 Å². The lowest BCUT2D eigenvalue weighted by atomic mass is 10.3. The van der Waals surface area contributed by atoms with Crippen molar-refractivity contribution in [3.63, 3.8) is 0 Å². The fraction of sp³-hybridized carbons (Fsp3) is 0.727. The third-order valence-corrected chi connectivity index (χ3v) is 5.31. The standard InChI is InChI=1S/C11H19N3O3S/c1-8-10(12(2)3)11(15)14(13(8)4)9-5-6-18(16,17)7-9/h9H,5-7H2,1-4H3. The monoisotopic (exact) mass is 273 g/mol. The van der Waals surface area contributed by atoms with Gasteiger partial charge in [-0.3, -0.25) is 9.48 Å². The summed E-state index contributed by atoms with van der Waals surface area (Å²) in [6, 6.07) is -0.236. The number of hydrogen-bond acceptors (Lipinski definition) is 4. The summed E-state index contributed by atoms with van der Waals surface area (Å²) >= 11 is 0. The van der Waals surface area contributed by atoms with Crippen molar-refractivity contribution in [2.24, 2.45) is 7.05 Å². The van der Waals surface area contributed by atoms with Gasteiger partial charge in [0.05, 0.1) is 23.2 Å². The largest absolute Gasteiger partial charge is 0.372 e. The van der Waals surface area contributed by atoms with E-state index in [1.165, 1.54) is 0 Å². The van der Waals surface area contributed by atoms with Crippen LogP contribution in [0.2, 0.25) is 0 Å². The van der Waals surface area contributed by atoms with Crippen molar-refractivity contribution in [3.8, 4) is 0 Å². The van der Waals surface area contributed by atoms with E-state index in [1.54, 1.807) is 21.3 Å². The molecule has 1 saturated heterocycles. The average molecular weight is 273 g/mol. The summed E-state index contributed by atoms with van der Waals surface area (Å²) in [6.45, 7) is 1.87. The van der Waals surface area contributed by atoms with Crippen LogP contribution < -0.4 is 10.5 Å². The first-order chi connectivity index (χ1) is 8.24. The minimum atomic E-state index is -2.99. The highest BCUT2D eigenvalue weighted by molar-refractivity contribution is 7.91. The maximum atomic E-state index is 12.4. The van der Waals surface area contributed by atoms with E-state index in [1.807, 2.05) is 21.0 Å². The summed E-state index contributed by atoms with van der Waals surface area (Å²) in [7, 11) is 2.45. The van der Waals surface area contributed by atoms with Crippen molar-refractivity contribution in [1.82, 2.24) is 9.36 Å². The second-order valence-corrected chi connectivity index (χ2v) is 7.29. The maximum Gasteiger partial charge on any atom is 0.290 e. The van der Waals surface area contributed by atoms with Crippen molar-refractivity contribution in [3.05, 3.63) is 16.0 Å². The number of aromatic nitrogens is 2. The molecule has 18 heavy (non-hydrogen) atoms. The molecule has 1 aromatic rings. The molecular formula is C11H19N3O3S. The molecule has 1 aromatic heterocycles. The van der Waals surface area contributed by atoms with Gasteiger partial charge in [0.1, 0.15) is 5.69 Å². The molecule has 1 aliphatic heterocycles. The van der Waals surface area contributed by atoms with E-state index in [9.17, 15) is 13.2 Å². The van der Waals surface area contributed by atoms with E-state index in [2.05, 4.69) is 0 Å². The summed E-state index contributed by atoms with van der Waals surface area (Å²) < 4.78 is 26.4. The Morgan fingerprint density at radius 3 is 2.33 bits per heavy atom. The Labute approximate surface area is 107 Å². The Morgan fingerprint density at radius 2 is 1.94 bits per heavy atom. The van der Waals surface area contributed by atoms with Crippen molar-refractivity contribution >= 4 is 15.5 Å². The Bertz CT molecular complexity index is 625. The Kier molecular flexibility index (Phi) is 3.04. The van der Waals surface area contributed by atoms with Gasteiger partial charge in [-0.15, -0.1) is 0 Å². The smallest absolute Gasteiger partial charge is 0.290 e.